The topological polar surface area (TPSA) is 64.0 Å². The van der Waals surface area contributed by atoms with Crippen LogP contribution in [0.3, 0.4) is 0 Å². The van der Waals surface area contributed by atoms with Crippen LogP contribution in [-0.2, 0) is 16.6 Å². The summed E-state index contributed by atoms with van der Waals surface area (Å²) >= 11 is 3.32. The Balaban J connectivity index is 1.94. The van der Waals surface area contributed by atoms with Gasteiger partial charge in [0.1, 0.15) is 11.2 Å². The number of hydrogen-bond acceptors (Lipinski definition) is 3. The van der Waals surface area contributed by atoms with Crippen molar-refractivity contribution in [2.24, 2.45) is 23.8 Å². The number of ketones is 1. The number of carbonyl (C=O) groups excluding carboxylic acids is 2. The van der Waals surface area contributed by atoms with Crippen LogP contribution in [0, 0.1) is 16.7 Å². The summed E-state index contributed by atoms with van der Waals surface area (Å²) in [6.07, 6.45) is 3.89. The summed E-state index contributed by atoms with van der Waals surface area (Å²) in [4.78, 5) is 25.2. The van der Waals surface area contributed by atoms with E-state index in [1.165, 1.54) is 0 Å². The van der Waals surface area contributed by atoms with Gasteiger partial charge in [0.2, 0.25) is 5.91 Å². The van der Waals surface area contributed by atoms with Crippen LogP contribution in [-0.4, -0.2) is 21.5 Å². The number of nitrogens with zero attached hydrogens (tertiary/aromatic N) is 2. The zero-order valence-electron chi connectivity index (χ0n) is 11.9. The Morgan fingerprint density at radius 1 is 1.55 bits per heavy atom. The molecule has 0 spiro atoms. The van der Waals surface area contributed by atoms with Crippen molar-refractivity contribution in [2.45, 2.75) is 33.1 Å². The zero-order valence-corrected chi connectivity index (χ0v) is 13.5. The lowest BCUT2D eigenvalue weighted by molar-refractivity contribution is -0.141. The maximum Gasteiger partial charge on any atom is 0.238 e. The van der Waals surface area contributed by atoms with E-state index < -0.39 is 5.41 Å². The Morgan fingerprint density at radius 2 is 2.25 bits per heavy atom. The van der Waals surface area contributed by atoms with E-state index in [4.69, 9.17) is 0 Å². The lowest BCUT2D eigenvalue weighted by Gasteiger charge is -2.34. The summed E-state index contributed by atoms with van der Waals surface area (Å²) in [5, 5.41) is 7.03. The van der Waals surface area contributed by atoms with E-state index in [0.717, 1.165) is 6.42 Å². The second-order valence-electron chi connectivity index (χ2n) is 6.45. The molecule has 20 heavy (non-hydrogen) atoms. The molecule has 3 rings (SSSR count). The minimum Gasteiger partial charge on any atom is -0.322 e. The normalized spacial score (nSPS) is 30.8. The number of aromatic nitrogens is 2. The molecule has 108 valence electrons. The second-order valence-corrected chi connectivity index (χ2v) is 7.20. The van der Waals surface area contributed by atoms with Crippen molar-refractivity contribution in [3.05, 3.63) is 10.8 Å². The Morgan fingerprint density at radius 3 is 2.70 bits per heavy atom. The van der Waals surface area contributed by atoms with Crippen molar-refractivity contribution >= 4 is 33.3 Å². The number of anilines is 1. The van der Waals surface area contributed by atoms with Gasteiger partial charge in [-0.15, -0.1) is 0 Å². The molecule has 5 nitrogen and oxygen atoms in total. The zero-order chi connectivity index (χ0) is 14.7. The van der Waals surface area contributed by atoms with Gasteiger partial charge >= 0.3 is 0 Å². The molecular weight excluding hydrogens is 322 g/mol. The molecule has 1 heterocycles. The van der Waals surface area contributed by atoms with Crippen LogP contribution in [0.2, 0.25) is 0 Å². The third-order valence-electron chi connectivity index (χ3n) is 5.32. The van der Waals surface area contributed by atoms with Crippen LogP contribution in [0.25, 0.3) is 0 Å². The summed E-state index contributed by atoms with van der Waals surface area (Å²) in [5.41, 5.74) is -0.513. The fourth-order valence-electron chi connectivity index (χ4n) is 3.98. The predicted octanol–water partition coefficient (Wildman–Crippen LogP) is 2.52. The number of carbonyl (C=O) groups is 2. The molecule has 2 bridgehead atoms. The van der Waals surface area contributed by atoms with Crippen LogP contribution >= 0.6 is 15.9 Å². The predicted molar refractivity (Wildman–Crippen MR) is 78.1 cm³/mol. The van der Waals surface area contributed by atoms with Gasteiger partial charge in [0.25, 0.3) is 0 Å². The highest BCUT2D eigenvalue weighted by atomic mass is 79.9. The van der Waals surface area contributed by atoms with Gasteiger partial charge in [0, 0.05) is 19.7 Å². The second kappa shape index (κ2) is 4.16. The largest absolute Gasteiger partial charge is 0.322 e. The Labute approximate surface area is 126 Å². The lowest BCUT2D eigenvalue weighted by atomic mass is 9.68. The van der Waals surface area contributed by atoms with Crippen molar-refractivity contribution in [1.29, 1.82) is 0 Å². The molecule has 1 aromatic rings. The summed E-state index contributed by atoms with van der Waals surface area (Å²) in [5.74, 6) is 0.246. The van der Waals surface area contributed by atoms with E-state index in [1.54, 1.807) is 17.9 Å². The highest BCUT2D eigenvalue weighted by Gasteiger charge is 2.68. The van der Waals surface area contributed by atoms with E-state index in [9.17, 15) is 9.59 Å². The quantitative estimate of drug-likeness (QED) is 0.842. The van der Waals surface area contributed by atoms with Gasteiger partial charge in [-0.1, -0.05) is 13.8 Å². The lowest BCUT2D eigenvalue weighted by Crippen LogP contribution is -2.46. The van der Waals surface area contributed by atoms with E-state index in [0.29, 0.717) is 29.1 Å². The molecule has 1 amide bonds. The molecule has 1 aromatic heterocycles. The first-order chi connectivity index (χ1) is 9.29. The first-order valence-electron chi connectivity index (χ1n) is 6.83. The molecule has 2 unspecified atom stereocenters. The number of Topliss-reactive ketones (excluding diaryl/α,β-unsaturated/α-hetero) is 1. The standard InChI is InChI=1S/C14H18BrN3O2/c1-13(2)8-4-5-14(13,10(19)6-8)12(20)16-9-7-18(3)17-11(9)15/h7-8H,4-6H2,1-3H3,(H,16,20). The Kier molecular flexibility index (Phi) is 2.87. The Bertz CT molecular complexity index is 608. The van der Waals surface area contributed by atoms with Gasteiger partial charge in [0.15, 0.2) is 4.60 Å². The van der Waals surface area contributed by atoms with Crippen LogP contribution < -0.4 is 5.32 Å². The Hall–Kier alpha value is -1.17. The summed E-state index contributed by atoms with van der Waals surface area (Å²) < 4.78 is 2.21. The minimum atomic E-state index is -0.868. The van der Waals surface area contributed by atoms with E-state index >= 15 is 0 Å². The molecule has 2 fully saturated rings. The van der Waals surface area contributed by atoms with E-state index in [-0.39, 0.29) is 17.1 Å². The maximum absolute atomic E-state index is 12.8. The van der Waals surface area contributed by atoms with E-state index in [1.807, 2.05) is 13.8 Å². The molecule has 2 saturated carbocycles. The maximum atomic E-state index is 12.8. The van der Waals surface area contributed by atoms with E-state index in [2.05, 4.69) is 26.3 Å². The fraction of sp³-hybridized carbons (Fsp3) is 0.643. The first-order valence-corrected chi connectivity index (χ1v) is 7.62. The summed E-state index contributed by atoms with van der Waals surface area (Å²) in [6, 6.07) is 0. The smallest absolute Gasteiger partial charge is 0.238 e. The average molecular weight is 340 g/mol. The number of aryl methyl sites for hydroxylation is 1. The molecule has 6 heteroatoms. The number of hydrogen-bond donors (Lipinski definition) is 1. The van der Waals surface area contributed by atoms with Crippen LogP contribution in [0.1, 0.15) is 33.1 Å². The monoisotopic (exact) mass is 339 g/mol. The van der Waals surface area contributed by atoms with Crippen LogP contribution in [0.4, 0.5) is 5.69 Å². The fourth-order valence-corrected chi connectivity index (χ4v) is 4.43. The van der Waals surface area contributed by atoms with Crippen molar-refractivity contribution in [2.75, 3.05) is 5.32 Å². The molecule has 0 radical (unpaired) electrons. The van der Waals surface area contributed by atoms with Gasteiger partial charge in [-0.2, -0.15) is 5.10 Å². The number of fused-ring (bicyclic) bond motifs is 2. The van der Waals surface area contributed by atoms with Gasteiger partial charge in [-0.05, 0) is 40.1 Å². The van der Waals surface area contributed by atoms with Crippen LogP contribution in [0.5, 0.6) is 0 Å². The van der Waals surface area contributed by atoms with Gasteiger partial charge < -0.3 is 5.32 Å². The summed E-state index contributed by atoms with van der Waals surface area (Å²) in [7, 11) is 1.79. The van der Waals surface area contributed by atoms with Gasteiger partial charge in [-0.25, -0.2) is 0 Å². The molecule has 2 aliphatic carbocycles. The molecule has 0 saturated heterocycles. The first kappa shape index (κ1) is 13.8. The molecule has 2 aliphatic rings. The molecule has 2 atom stereocenters. The average Bonchev–Trinajstić information content (AvgIpc) is 2.86. The van der Waals surface area contributed by atoms with Crippen molar-refractivity contribution in [3.8, 4) is 0 Å². The number of rotatable bonds is 2. The van der Waals surface area contributed by atoms with Crippen molar-refractivity contribution in [3.63, 3.8) is 0 Å². The van der Waals surface area contributed by atoms with Crippen molar-refractivity contribution in [1.82, 2.24) is 9.78 Å². The van der Waals surface area contributed by atoms with Crippen molar-refractivity contribution < 1.29 is 9.59 Å². The molecule has 1 N–H and O–H groups in total. The highest BCUT2D eigenvalue weighted by Crippen LogP contribution is 2.64. The number of amides is 1. The highest BCUT2D eigenvalue weighted by molar-refractivity contribution is 9.10. The third kappa shape index (κ3) is 1.57. The molecular formula is C14H18BrN3O2. The number of halogens is 1. The van der Waals surface area contributed by atoms with Crippen LogP contribution in [0.15, 0.2) is 10.8 Å². The SMILES string of the molecule is Cn1cc(NC(=O)C23CCC(CC2=O)C3(C)C)c(Br)n1. The van der Waals surface area contributed by atoms with Gasteiger partial charge in [0.05, 0.1) is 5.69 Å². The van der Waals surface area contributed by atoms with Gasteiger partial charge in [-0.3, -0.25) is 14.3 Å². The third-order valence-corrected chi connectivity index (χ3v) is 5.90. The minimum absolute atomic E-state index is 0.0938. The molecule has 0 aromatic carbocycles. The summed E-state index contributed by atoms with van der Waals surface area (Å²) in [6.45, 7) is 4.10. The number of nitrogens with one attached hydrogen (secondary N) is 1. The molecule has 0 aliphatic heterocycles.